The minimum Gasteiger partial charge on any atom is -0.357 e. The zero-order chi connectivity index (χ0) is 20.6. The Morgan fingerprint density at radius 3 is 2.59 bits per heavy atom. The highest BCUT2D eigenvalue weighted by Gasteiger charge is 2.18. The van der Waals surface area contributed by atoms with Gasteiger partial charge in [0, 0.05) is 77.6 Å². The molecule has 1 fully saturated rings. The molecule has 29 heavy (non-hydrogen) atoms. The average Bonchev–Trinajstić information content (AvgIpc) is 3.05. The molecule has 1 aliphatic heterocycles. The van der Waals surface area contributed by atoms with Gasteiger partial charge in [0.25, 0.3) is 0 Å². The molecule has 1 N–H and O–H groups in total. The summed E-state index contributed by atoms with van der Waals surface area (Å²) in [5.74, 6) is 1.74. The predicted octanol–water partition coefficient (Wildman–Crippen LogP) is 1.69. The molecule has 0 atom stereocenters. The van der Waals surface area contributed by atoms with E-state index in [2.05, 4.69) is 48.5 Å². The largest absolute Gasteiger partial charge is 0.357 e. The third kappa shape index (κ3) is 6.08. The van der Waals surface area contributed by atoms with Crippen LogP contribution in [0.4, 0.5) is 5.95 Å². The quantitative estimate of drug-likeness (QED) is 0.545. The van der Waals surface area contributed by atoms with E-state index >= 15 is 0 Å². The second-order valence-electron chi connectivity index (χ2n) is 7.23. The molecule has 3 rings (SSSR count). The molecule has 2 aromatic rings. The molecule has 0 aromatic carbocycles. The lowest BCUT2D eigenvalue weighted by Gasteiger charge is -2.34. The van der Waals surface area contributed by atoms with Crippen LogP contribution >= 0.6 is 11.6 Å². The highest BCUT2D eigenvalue weighted by molar-refractivity contribution is 6.30. The maximum absolute atomic E-state index is 6.11. The first-order valence-electron chi connectivity index (χ1n) is 10.1. The number of halogens is 1. The normalized spacial score (nSPS) is 15.6. The first-order chi connectivity index (χ1) is 14.1. The van der Waals surface area contributed by atoms with Gasteiger partial charge in [0.1, 0.15) is 0 Å². The van der Waals surface area contributed by atoms with Crippen LogP contribution in [0.3, 0.4) is 0 Å². The van der Waals surface area contributed by atoms with E-state index in [-0.39, 0.29) is 0 Å². The first kappa shape index (κ1) is 21.4. The van der Waals surface area contributed by atoms with E-state index in [1.54, 1.807) is 12.4 Å². The van der Waals surface area contributed by atoms with Gasteiger partial charge in [-0.3, -0.25) is 9.89 Å². The van der Waals surface area contributed by atoms with Gasteiger partial charge >= 0.3 is 0 Å². The van der Waals surface area contributed by atoms with Crippen molar-refractivity contribution in [2.45, 2.75) is 13.5 Å². The van der Waals surface area contributed by atoms with Gasteiger partial charge in [-0.25, -0.2) is 9.97 Å². The number of rotatable bonds is 7. The van der Waals surface area contributed by atoms with Crippen molar-refractivity contribution in [2.24, 2.45) is 12.0 Å². The first-order valence-corrected chi connectivity index (χ1v) is 10.5. The van der Waals surface area contributed by atoms with Crippen molar-refractivity contribution in [1.29, 1.82) is 0 Å². The van der Waals surface area contributed by atoms with Crippen LogP contribution in [0.2, 0.25) is 5.02 Å². The zero-order valence-electron chi connectivity index (χ0n) is 17.6. The Kier molecular flexibility index (Phi) is 7.71. The minimum absolute atomic E-state index is 0.755. The van der Waals surface area contributed by atoms with Crippen molar-refractivity contribution >= 4 is 23.5 Å². The molecule has 0 spiro atoms. The van der Waals surface area contributed by atoms with Crippen LogP contribution in [0.15, 0.2) is 35.7 Å². The second kappa shape index (κ2) is 10.5. The molecule has 0 bridgehead atoms. The molecular weight excluding hydrogens is 388 g/mol. The van der Waals surface area contributed by atoms with E-state index < -0.39 is 0 Å². The van der Waals surface area contributed by atoms with Gasteiger partial charge in [-0.15, -0.1) is 0 Å². The molecule has 158 valence electrons. The van der Waals surface area contributed by atoms with E-state index in [1.165, 1.54) is 0 Å². The molecule has 2 aromatic heterocycles. The molecule has 0 saturated carbocycles. The summed E-state index contributed by atoms with van der Waals surface area (Å²) < 4.78 is 2.05. The smallest absolute Gasteiger partial charge is 0.225 e. The summed E-state index contributed by atoms with van der Waals surface area (Å²) in [6, 6.07) is 3.85. The Balaban J connectivity index is 1.48. The van der Waals surface area contributed by atoms with Crippen LogP contribution in [-0.4, -0.2) is 83.2 Å². The van der Waals surface area contributed by atoms with Crippen molar-refractivity contribution in [1.82, 2.24) is 29.7 Å². The molecule has 8 nitrogen and oxygen atoms in total. The van der Waals surface area contributed by atoms with Crippen LogP contribution in [0.25, 0.3) is 0 Å². The Morgan fingerprint density at radius 2 is 1.97 bits per heavy atom. The summed E-state index contributed by atoms with van der Waals surface area (Å²) in [5, 5.41) is 4.15. The molecule has 3 heterocycles. The van der Waals surface area contributed by atoms with E-state index in [0.29, 0.717) is 0 Å². The third-order valence-corrected chi connectivity index (χ3v) is 5.26. The van der Waals surface area contributed by atoms with Crippen molar-refractivity contribution in [2.75, 3.05) is 57.8 Å². The fourth-order valence-electron chi connectivity index (χ4n) is 3.43. The second-order valence-corrected chi connectivity index (χ2v) is 7.67. The van der Waals surface area contributed by atoms with Gasteiger partial charge in [-0.05, 0) is 19.1 Å². The lowest BCUT2D eigenvalue weighted by atomic mass is 10.3. The Morgan fingerprint density at radius 1 is 1.24 bits per heavy atom. The van der Waals surface area contributed by atoms with Crippen LogP contribution in [0.5, 0.6) is 0 Å². The molecule has 0 radical (unpaired) electrons. The van der Waals surface area contributed by atoms with Crippen molar-refractivity contribution in [3.8, 4) is 0 Å². The van der Waals surface area contributed by atoms with Gasteiger partial charge in [0.05, 0.1) is 18.1 Å². The predicted molar refractivity (Wildman–Crippen MR) is 119 cm³/mol. The van der Waals surface area contributed by atoms with Gasteiger partial charge in [-0.2, -0.15) is 0 Å². The van der Waals surface area contributed by atoms with Gasteiger partial charge in [0.2, 0.25) is 5.95 Å². The van der Waals surface area contributed by atoms with Crippen LogP contribution in [0, 0.1) is 0 Å². The molecule has 1 saturated heterocycles. The topological polar surface area (TPSA) is 64.8 Å². The Hall–Kier alpha value is -2.32. The van der Waals surface area contributed by atoms with Gasteiger partial charge in [0.15, 0.2) is 5.96 Å². The summed E-state index contributed by atoms with van der Waals surface area (Å²) in [4.78, 5) is 20.3. The SMILES string of the molecule is CCNC(=NCCN1CCN(c2ncccn2)CC1)N(C)Cc1cc(Cl)cn1C. The van der Waals surface area contributed by atoms with Crippen LogP contribution in [0.1, 0.15) is 12.6 Å². The van der Waals surface area contributed by atoms with Crippen molar-refractivity contribution in [3.05, 3.63) is 41.4 Å². The Bertz CT molecular complexity index is 783. The molecule has 9 heteroatoms. The number of nitrogens with zero attached hydrogens (tertiary/aromatic N) is 7. The number of hydrogen-bond acceptors (Lipinski definition) is 5. The Labute approximate surface area is 178 Å². The molecule has 0 unspecified atom stereocenters. The van der Waals surface area contributed by atoms with E-state index in [9.17, 15) is 0 Å². The average molecular weight is 419 g/mol. The highest BCUT2D eigenvalue weighted by atomic mass is 35.5. The van der Waals surface area contributed by atoms with Gasteiger partial charge < -0.3 is 19.7 Å². The fourth-order valence-corrected chi connectivity index (χ4v) is 3.71. The van der Waals surface area contributed by atoms with Crippen LogP contribution < -0.4 is 10.2 Å². The molecule has 1 aliphatic rings. The number of nitrogens with one attached hydrogen (secondary N) is 1. The third-order valence-electron chi connectivity index (χ3n) is 5.06. The van der Waals surface area contributed by atoms with Crippen LogP contribution in [-0.2, 0) is 13.6 Å². The standard InChI is InChI=1S/C20H31ClN8/c1-4-22-19(27(3)16-18-14-17(21)15-26(18)2)25-8-9-28-10-12-29(13-11-28)20-23-6-5-7-24-20/h5-7,14-15H,4,8-13,16H2,1-3H3,(H,22,25). The number of hydrogen-bond donors (Lipinski definition) is 1. The van der Waals surface area contributed by atoms with E-state index in [1.807, 2.05) is 25.4 Å². The summed E-state index contributed by atoms with van der Waals surface area (Å²) in [6.07, 6.45) is 5.52. The van der Waals surface area contributed by atoms with Crippen molar-refractivity contribution in [3.63, 3.8) is 0 Å². The summed E-state index contributed by atoms with van der Waals surface area (Å²) >= 11 is 6.11. The monoisotopic (exact) mass is 418 g/mol. The summed E-state index contributed by atoms with van der Waals surface area (Å²) in [7, 11) is 4.07. The molecule has 0 aliphatic carbocycles. The highest BCUT2D eigenvalue weighted by Crippen LogP contribution is 2.14. The number of aromatic nitrogens is 3. The minimum atomic E-state index is 0.755. The number of aliphatic imine (C=N–C) groups is 1. The number of aryl methyl sites for hydroxylation is 1. The van der Waals surface area contributed by atoms with Gasteiger partial charge in [-0.1, -0.05) is 11.6 Å². The maximum Gasteiger partial charge on any atom is 0.225 e. The number of guanidine groups is 1. The number of piperazine rings is 1. The zero-order valence-corrected chi connectivity index (χ0v) is 18.3. The summed E-state index contributed by atoms with van der Waals surface area (Å²) in [6.45, 7) is 9.30. The lowest BCUT2D eigenvalue weighted by molar-refractivity contribution is 0.263. The van der Waals surface area contributed by atoms with E-state index in [0.717, 1.165) is 75.0 Å². The lowest BCUT2D eigenvalue weighted by Crippen LogP contribution is -2.48. The molecule has 0 amide bonds. The molecular formula is C20H31ClN8. The summed E-state index contributed by atoms with van der Waals surface area (Å²) in [5.41, 5.74) is 1.15. The van der Waals surface area contributed by atoms with Crippen molar-refractivity contribution < 1.29 is 0 Å². The maximum atomic E-state index is 6.11. The fraction of sp³-hybridized carbons (Fsp3) is 0.550. The van der Waals surface area contributed by atoms with E-state index in [4.69, 9.17) is 16.6 Å². The number of anilines is 1.